The van der Waals surface area contributed by atoms with Crippen LogP contribution in [0, 0.1) is 10.1 Å². The van der Waals surface area contributed by atoms with Crippen molar-refractivity contribution in [3.63, 3.8) is 0 Å². The van der Waals surface area contributed by atoms with Gasteiger partial charge < -0.3 is 10.2 Å². The fraction of sp³-hybridized carbons (Fsp3) is 0.667. The minimum absolute atomic E-state index is 0.0634. The molecule has 8 heteroatoms. The number of aromatic amines is 1. The number of H-pyrrole nitrogens is 1. The molecule has 0 aromatic carbocycles. The Bertz CT molecular complexity index is 507. The first kappa shape index (κ1) is 14.4. The van der Waals surface area contributed by atoms with E-state index in [-0.39, 0.29) is 17.4 Å². The van der Waals surface area contributed by atoms with Gasteiger partial charge in [-0.25, -0.2) is 0 Å². The lowest BCUT2D eigenvalue weighted by Crippen LogP contribution is -2.38. The second-order valence-corrected chi connectivity index (χ2v) is 4.97. The largest absolute Gasteiger partial charge is 0.336 e. The van der Waals surface area contributed by atoms with Gasteiger partial charge in [0.15, 0.2) is 0 Å². The van der Waals surface area contributed by atoms with E-state index in [9.17, 15) is 14.9 Å². The third kappa shape index (κ3) is 2.64. The maximum atomic E-state index is 12.4. The molecule has 0 radical (unpaired) electrons. The Balaban J connectivity index is 2.26. The quantitative estimate of drug-likeness (QED) is 0.611. The summed E-state index contributed by atoms with van der Waals surface area (Å²) in [6.45, 7) is 3.48. The zero-order valence-corrected chi connectivity index (χ0v) is 11.7. The lowest BCUT2D eigenvalue weighted by Gasteiger charge is -2.22. The summed E-state index contributed by atoms with van der Waals surface area (Å²) in [6, 6.07) is 0.0634. The number of amides is 1. The summed E-state index contributed by atoms with van der Waals surface area (Å²) in [6.07, 6.45) is 2.10. The fourth-order valence-corrected chi connectivity index (χ4v) is 2.45. The number of hydrogen-bond donors (Lipinski definition) is 2. The molecule has 1 amide bonds. The van der Waals surface area contributed by atoms with Crippen molar-refractivity contribution in [3.8, 4) is 0 Å². The standard InChI is InChI=1S/C12H19N5O3/c1-3-4-9-11(17(19)20)10(15-14-9)12(18)16(2)8-5-6-13-7-8/h8,13H,3-7H2,1-2H3,(H,14,15). The van der Waals surface area contributed by atoms with Crippen LogP contribution in [0.15, 0.2) is 0 Å². The van der Waals surface area contributed by atoms with Crippen LogP contribution in [0.4, 0.5) is 5.69 Å². The van der Waals surface area contributed by atoms with Gasteiger partial charge in [0.05, 0.1) is 4.92 Å². The second kappa shape index (κ2) is 6.00. The van der Waals surface area contributed by atoms with Crippen molar-refractivity contribution in [3.05, 3.63) is 21.5 Å². The summed E-state index contributed by atoms with van der Waals surface area (Å²) in [7, 11) is 1.66. The highest BCUT2D eigenvalue weighted by atomic mass is 16.6. The SMILES string of the molecule is CCCc1[nH]nc(C(=O)N(C)C2CCNC2)c1[N+](=O)[O-]. The molecule has 1 atom stereocenters. The first-order chi connectivity index (χ1) is 9.56. The summed E-state index contributed by atoms with van der Waals surface area (Å²) < 4.78 is 0. The molecule has 1 aromatic heterocycles. The molecule has 1 aliphatic rings. The Hall–Kier alpha value is -1.96. The predicted molar refractivity (Wildman–Crippen MR) is 72.6 cm³/mol. The van der Waals surface area contributed by atoms with Crippen molar-refractivity contribution in [1.29, 1.82) is 0 Å². The van der Waals surface area contributed by atoms with E-state index >= 15 is 0 Å². The van der Waals surface area contributed by atoms with Gasteiger partial charge in [0.1, 0.15) is 5.69 Å². The Morgan fingerprint density at radius 3 is 2.90 bits per heavy atom. The van der Waals surface area contributed by atoms with E-state index in [0.717, 1.165) is 19.4 Å². The van der Waals surface area contributed by atoms with Crippen LogP contribution < -0.4 is 5.32 Å². The van der Waals surface area contributed by atoms with Gasteiger partial charge in [-0.1, -0.05) is 13.3 Å². The maximum absolute atomic E-state index is 12.4. The zero-order chi connectivity index (χ0) is 14.7. The lowest BCUT2D eigenvalue weighted by molar-refractivity contribution is -0.385. The Labute approximate surface area is 116 Å². The van der Waals surface area contributed by atoms with Gasteiger partial charge in [0.2, 0.25) is 5.69 Å². The van der Waals surface area contributed by atoms with Crippen molar-refractivity contribution in [2.24, 2.45) is 0 Å². The molecule has 110 valence electrons. The highest BCUT2D eigenvalue weighted by Gasteiger charge is 2.33. The number of carbonyl (C=O) groups excluding carboxylic acids is 1. The molecule has 1 aliphatic heterocycles. The third-order valence-corrected chi connectivity index (χ3v) is 3.60. The number of carbonyl (C=O) groups is 1. The highest BCUT2D eigenvalue weighted by Crippen LogP contribution is 2.24. The number of aryl methyl sites for hydroxylation is 1. The molecule has 2 rings (SSSR count). The molecule has 1 saturated heterocycles. The molecule has 0 saturated carbocycles. The summed E-state index contributed by atoms with van der Waals surface area (Å²) in [4.78, 5) is 24.6. The summed E-state index contributed by atoms with van der Waals surface area (Å²) >= 11 is 0. The smallest absolute Gasteiger partial charge is 0.322 e. The molecule has 0 spiro atoms. The van der Waals surface area contributed by atoms with E-state index in [1.807, 2.05) is 6.92 Å². The average Bonchev–Trinajstić information content (AvgIpc) is 3.06. The monoisotopic (exact) mass is 281 g/mol. The number of nitro groups is 1. The van der Waals surface area contributed by atoms with Crippen LogP contribution in [0.3, 0.4) is 0 Å². The molecule has 1 unspecified atom stereocenters. The van der Waals surface area contributed by atoms with Crippen LogP contribution in [0.1, 0.15) is 35.9 Å². The number of likely N-dealkylation sites (N-methyl/N-ethyl adjacent to an activating group) is 1. The molecule has 1 fully saturated rings. The number of aromatic nitrogens is 2. The third-order valence-electron chi connectivity index (χ3n) is 3.60. The first-order valence-corrected chi connectivity index (χ1v) is 6.75. The molecule has 2 heterocycles. The molecule has 0 aliphatic carbocycles. The van der Waals surface area contributed by atoms with Crippen LogP contribution in [-0.4, -0.2) is 52.1 Å². The summed E-state index contributed by atoms with van der Waals surface area (Å²) in [5, 5.41) is 20.9. The van der Waals surface area contributed by atoms with Crippen LogP contribution in [0.25, 0.3) is 0 Å². The van der Waals surface area contributed by atoms with E-state index in [4.69, 9.17) is 0 Å². The van der Waals surface area contributed by atoms with E-state index in [2.05, 4.69) is 15.5 Å². The molecule has 20 heavy (non-hydrogen) atoms. The van der Waals surface area contributed by atoms with Crippen LogP contribution in [-0.2, 0) is 6.42 Å². The van der Waals surface area contributed by atoms with E-state index in [1.54, 1.807) is 11.9 Å². The predicted octanol–water partition coefficient (Wildman–Crippen LogP) is 0.704. The van der Waals surface area contributed by atoms with Crippen molar-refractivity contribution in [1.82, 2.24) is 20.4 Å². The molecule has 8 nitrogen and oxygen atoms in total. The van der Waals surface area contributed by atoms with Gasteiger partial charge in [0, 0.05) is 19.6 Å². The molecular weight excluding hydrogens is 262 g/mol. The number of nitrogens with zero attached hydrogens (tertiary/aromatic N) is 3. The van der Waals surface area contributed by atoms with Gasteiger partial charge in [-0.05, 0) is 19.4 Å². The van der Waals surface area contributed by atoms with Crippen molar-refractivity contribution >= 4 is 11.6 Å². The first-order valence-electron chi connectivity index (χ1n) is 6.75. The Morgan fingerprint density at radius 1 is 1.60 bits per heavy atom. The minimum Gasteiger partial charge on any atom is -0.336 e. The number of rotatable bonds is 5. The topological polar surface area (TPSA) is 104 Å². The van der Waals surface area contributed by atoms with E-state index < -0.39 is 10.8 Å². The molecule has 1 aromatic rings. The Morgan fingerprint density at radius 2 is 2.35 bits per heavy atom. The maximum Gasteiger partial charge on any atom is 0.322 e. The molecular formula is C12H19N5O3. The number of nitrogens with one attached hydrogen (secondary N) is 2. The molecule has 0 bridgehead atoms. The normalized spacial score (nSPS) is 18.2. The van der Waals surface area contributed by atoms with Crippen molar-refractivity contribution in [2.45, 2.75) is 32.2 Å². The summed E-state index contributed by atoms with van der Waals surface area (Å²) in [5.74, 6) is -0.399. The highest BCUT2D eigenvalue weighted by molar-refractivity contribution is 5.96. The fourth-order valence-electron chi connectivity index (χ4n) is 2.45. The minimum atomic E-state index is -0.525. The second-order valence-electron chi connectivity index (χ2n) is 4.97. The summed E-state index contributed by atoms with van der Waals surface area (Å²) in [5.41, 5.74) is 0.140. The van der Waals surface area contributed by atoms with Gasteiger partial charge >= 0.3 is 5.69 Å². The van der Waals surface area contributed by atoms with Gasteiger partial charge in [-0.3, -0.25) is 20.0 Å². The lowest BCUT2D eigenvalue weighted by atomic mass is 10.1. The van der Waals surface area contributed by atoms with E-state index in [0.29, 0.717) is 18.7 Å². The molecule has 2 N–H and O–H groups in total. The van der Waals surface area contributed by atoms with E-state index in [1.165, 1.54) is 0 Å². The zero-order valence-electron chi connectivity index (χ0n) is 11.7. The van der Waals surface area contributed by atoms with Crippen LogP contribution in [0.2, 0.25) is 0 Å². The average molecular weight is 281 g/mol. The van der Waals surface area contributed by atoms with Gasteiger partial charge in [0.25, 0.3) is 5.91 Å². The van der Waals surface area contributed by atoms with Gasteiger partial charge in [-0.2, -0.15) is 5.10 Å². The Kier molecular flexibility index (Phi) is 4.33. The van der Waals surface area contributed by atoms with Gasteiger partial charge in [-0.15, -0.1) is 0 Å². The van der Waals surface area contributed by atoms with Crippen LogP contribution >= 0.6 is 0 Å². The number of hydrogen-bond acceptors (Lipinski definition) is 5. The van der Waals surface area contributed by atoms with Crippen LogP contribution in [0.5, 0.6) is 0 Å². The van der Waals surface area contributed by atoms with Crippen molar-refractivity contribution < 1.29 is 9.72 Å². The van der Waals surface area contributed by atoms with Crippen molar-refractivity contribution in [2.75, 3.05) is 20.1 Å².